The van der Waals surface area contributed by atoms with Crippen molar-refractivity contribution in [1.29, 1.82) is 0 Å². The number of nitrogens with one attached hydrogen (secondary N) is 1. The molecule has 1 heterocycles. The highest BCUT2D eigenvalue weighted by Crippen LogP contribution is 2.18. The standard InChI is InChI=1S/C15H26N4O4/c1-4-5-7-19-13(16)12(14(22)17-15(19)23)18(9-10(2)3)8-6-11(20)21/h10H,4-9,16H2,1-3H3,(H,20,21)(H,17,22,23). The van der Waals surface area contributed by atoms with E-state index in [1.807, 2.05) is 20.8 Å². The highest BCUT2D eigenvalue weighted by atomic mass is 16.4. The molecule has 0 aliphatic rings. The van der Waals surface area contributed by atoms with Crippen LogP contribution < -0.4 is 21.9 Å². The van der Waals surface area contributed by atoms with Gasteiger partial charge in [0.2, 0.25) is 0 Å². The Labute approximate surface area is 134 Å². The summed E-state index contributed by atoms with van der Waals surface area (Å²) in [5.41, 5.74) is 5.13. The average Bonchev–Trinajstić information content (AvgIpc) is 2.43. The van der Waals surface area contributed by atoms with Gasteiger partial charge in [0, 0.05) is 19.6 Å². The maximum absolute atomic E-state index is 12.2. The monoisotopic (exact) mass is 326 g/mol. The van der Waals surface area contributed by atoms with E-state index in [-0.39, 0.29) is 30.4 Å². The van der Waals surface area contributed by atoms with Gasteiger partial charge >= 0.3 is 11.7 Å². The highest BCUT2D eigenvalue weighted by molar-refractivity contribution is 5.69. The Morgan fingerprint density at radius 1 is 1.39 bits per heavy atom. The van der Waals surface area contributed by atoms with Gasteiger partial charge in [-0.25, -0.2) is 4.79 Å². The minimum Gasteiger partial charge on any atom is -0.481 e. The summed E-state index contributed by atoms with van der Waals surface area (Å²) in [5, 5.41) is 8.90. The molecular weight excluding hydrogens is 300 g/mol. The number of hydrogen-bond acceptors (Lipinski definition) is 5. The number of aromatic amines is 1. The number of anilines is 2. The second kappa shape index (κ2) is 8.40. The third-order valence-corrected chi connectivity index (χ3v) is 3.45. The first-order valence-corrected chi connectivity index (χ1v) is 7.87. The summed E-state index contributed by atoms with van der Waals surface area (Å²) in [6.07, 6.45) is 1.53. The van der Waals surface area contributed by atoms with Gasteiger partial charge in [0.05, 0.1) is 6.42 Å². The van der Waals surface area contributed by atoms with Gasteiger partial charge in [-0.15, -0.1) is 0 Å². The molecule has 0 fully saturated rings. The van der Waals surface area contributed by atoms with Gasteiger partial charge < -0.3 is 15.7 Å². The molecule has 0 aromatic carbocycles. The minimum atomic E-state index is -0.951. The van der Waals surface area contributed by atoms with Gasteiger partial charge in [-0.1, -0.05) is 27.2 Å². The van der Waals surface area contributed by atoms with Crippen LogP contribution in [-0.2, 0) is 11.3 Å². The molecule has 130 valence electrons. The molecule has 1 rings (SSSR count). The number of nitrogens with two attached hydrogens (primary N) is 1. The Bertz CT molecular complexity index is 648. The van der Waals surface area contributed by atoms with Crippen LogP contribution in [0.5, 0.6) is 0 Å². The third-order valence-electron chi connectivity index (χ3n) is 3.45. The van der Waals surface area contributed by atoms with Crippen LogP contribution in [0.1, 0.15) is 40.0 Å². The fourth-order valence-corrected chi connectivity index (χ4v) is 2.39. The lowest BCUT2D eigenvalue weighted by molar-refractivity contribution is -0.136. The van der Waals surface area contributed by atoms with E-state index in [1.165, 1.54) is 4.57 Å². The van der Waals surface area contributed by atoms with Crippen LogP contribution in [0.3, 0.4) is 0 Å². The molecule has 23 heavy (non-hydrogen) atoms. The van der Waals surface area contributed by atoms with Crippen molar-refractivity contribution < 1.29 is 9.90 Å². The minimum absolute atomic E-state index is 0.0956. The molecule has 0 atom stereocenters. The molecule has 0 aliphatic heterocycles. The van der Waals surface area contributed by atoms with E-state index >= 15 is 0 Å². The van der Waals surface area contributed by atoms with Crippen molar-refractivity contribution >= 4 is 17.5 Å². The molecule has 1 aromatic rings. The second-order valence-electron chi connectivity index (χ2n) is 5.98. The van der Waals surface area contributed by atoms with Crippen LogP contribution in [0.25, 0.3) is 0 Å². The lowest BCUT2D eigenvalue weighted by Crippen LogP contribution is -2.40. The fraction of sp³-hybridized carbons (Fsp3) is 0.667. The number of nitrogens with zero attached hydrogens (tertiary/aromatic N) is 2. The summed E-state index contributed by atoms with van der Waals surface area (Å²) in [6.45, 7) is 6.97. The van der Waals surface area contributed by atoms with Gasteiger partial charge in [0.15, 0.2) is 0 Å². The Kier molecular flexibility index (Phi) is 6.87. The molecule has 0 bridgehead atoms. The third kappa shape index (κ3) is 5.15. The van der Waals surface area contributed by atoms with Crippen LogP contribution in [-0.4, -0.2) is 33.7 Å². The van der Waals surface area contributed by atoms with Crippen molar-refractivity contribution in [2.75, 3.05) is 23.7 Å². The molecular formula is C15H26N4O4. The molecule has 1 aromatic heterocycles. The largest absolute Gasteiger partial charge is 0.481 e. The Balaban J connectivity index is 3.30. The van der Waals surface area contributed by atoms with Crippen LogP contribution in [0, 0.1) is 5.92 Å². The van der Waals surface area contributed by atoms with Crippen LogP contribution >= 0.6 is 0 Å². The smallest absolute Gasteiger partial charge is 0.330 e. The number of aromatic nitrogens is 2. The highest BCUT2D eigenvalue weighted by Gasteiger charge is 2.20. The summed E-state index contributed by atoms with van der Waals surface area (Å²) in [7, 11) is 0. The topological polar surface area (TPSA) is 121 Å². The predicted octanol–water partition coefficient (Wildman–Crippen LogP) is 0.856. The van der Waals surface area contributed by atoms with Gasteiger partial charge in [-0.2, -0.15) is 0 Å². The van der Waals surface area contributed by atoms with Gasteiger partial charge in [0.25, 0.3) is 5.56 Å². The fourth-order valence-electron chi connectivity index (χ4n) is 2.39. The first-order chi connectivity index (χ1) is 10.8. The van der Waals surface area contributed by atoms with E-state index < -0.39 is 17.2 Å². The number of hydrogen-bond donors (Lipinski definition) is 3. The Hall–Kier alpha value is -2.25. The van der Waals surface area contributed by atoms with E-state index in [4.69, 9.17) is 10.8 Å². The van der Waals surface area contributed by atoms with Crippen LogP contribution in [0.15, 0.2) is 9.59 Å². The van der Waals surface area contributed by atoms with Gasteiger partial charge in [0.1, 0.15) is 11.5 Å². The molecule has 8 nitrogen and oxygen atoms in total. The van der Waals surface area contributed by atoms with Gasteiger partial charge in [-0.05, 0) is 12.3 Å². The average molecular weight is 326 g/mol. The summed E-state index contributed by atoms with van der Waals surface area (Å²) < 4.78 is 1.34. The maximum atomic E-state index is 12.2. The van der Waals surface area contributed by atoms with E-state index in [1.54, 1.807) is 4.90 Å². The SMILES string of the molecule is CCCCn1c(N)c(N(CCC(=O)O)CC(C)C)c(=O)[nH]c1=O. The number of carboxylic acids is 1. The number of nitrogen functional groups attached to an aromatic ring is 1. The molecule has 0 amide bonds. The number of carboxylic acid groups (broad SMARTS) is 1. The van der Waals surface area contributed by atoms with E-state index in [9.17, 15) is 14.4 Å². The molecule has 0 unspecified atom stereocenters. The zero-order valence-electron chi connectivity index (χ0n) is 14.0. The molecule has 4 N–H and O–H groups in total. The maximum Gasteiger partial charge on any atom is 0.330 e. The lowest BCUT2D eigenvalue weighted by atomic mass is 10.2. The van der Waals surface area contributed by atoms with Crippen molar-refractivity contribution in [3.63, 3.8) is 0 Å². The summed E-state index contributed by atoms with van der Waals surface area (Å²) >= 11 is 0. The number of H-pyrrole nitrogens is 1. The van der Waals surface area contributed by atoms with Crippen molar-refractivity contribution in [2.45, 2.75) is 46.6 Å². The predicted molar refractivity (Wildman–Crippen MR) is 89.9 cm³/mol. The first kappa shape index (κ1) is 18.8. The van der Waals surface area contributed by atoms with Crippen LogP contribution in [0.4, 0.5) is 11.5 Å². The van der Waals surface area contributed by atoms with Crippen molar-refractivity contribution in [2.24, 2.45) is 5.92 Å². The molecule has 0 saturated carbocycles. The quantitative estimate of drug-likeness (QED) is 0.618. The number of unbranched alkanes of at least 4 members (excludes halogenated alkanes) is 1. The molecule has 0 radical (unpaired) electrons. The van der Waals surface area contributed by atoms with E-state index in [0.717, 1.165) is 12.8 Å². The lowest BCUT2D eigenvalue weighted by Gasteiger charge is -2.27. The molecule has 0 aliphatic carbocycles. The van der Waals surface area contributed by atoms with E-state index in [2.05, 4.69) is 4.98 Å². The Morgan fingerprint density at radius 2 is 2.04 bits per heavy atom. The zero-order chi connectivity index (χ0) is 17.6. The molecule has 8 heteroatoms. The zero-order valence-corrected chi connectivity index (χ0v) is 14.0. The normalized spacial score (nSPS) is 11.0. The summed E-state index contributed by atoms with van der Waals surface area (Å²) in [6, 6.07) is 0. The van der Waals surface area contributed by atoms with Gasteiger partial charge in [-0.3, -0.25) is 19.1 Å². The van der Waals surface area contributed by atoms with Crippen LogP contribution in [0.2, 0.25) is 0 Å². The number of aliphatic carboxylic acids is 1. The second-order valence-corrected chi connectivity index (χ2v) is 5.98. The van der Waals surface area contributed by atoms with Crippen molar-refractivity contribution in [3.8, 4) is 0 Å². The molecule has 0 saturated heterocycles. The van der Waals surface area contributed by atoms with Crippen molar-refractivity contribution in [3.05, 3.63) is 20.8 Å². The molecule has 0 spiro atoms. The Morgan fingerprint density at radius 3 is 2.57 bits per heavy atom. The summed E-state index contributed by atoms with van der Waals surface area (Å²) in [4.78, 5) is 38.9. The summed E-state index contributed by atoms with van der Waals surface area (Å²) in [5.74, 6) is -0.648. The number of rotatable bonds is 9. The van der Waals surface area contributed by atoms with E-state index in [0.29, 0.717) is 13.1 Å². The van der Waals surface area contributed by atoms with Crippen molar-refractivity contribution in [1.82, 2.24) is 9.55 Å². The first-order valence-electron chi connectivity index (χ1n) is 7.87. The number of carbonyl (C=O) groups is 1.